The minimum atomic E-state index is 0. The SMILES string of the molecule is COc1ccc(CCNCC(=O)N2CCCCc3nc(/C=C/c4ccccc4)sc32)cc1OC.Cl. The number of rotatable bonds is 9. The minimum Gasteiger partial charge on any atom is -0.493 e. The molecule has 0 atom stereocenters. The molecule has 1 aromatic heterocycles. The van der Waals surface area contributed by atoms with Crippen LogP contribution in [0.15, 0.2) is 48.5 Å². The Kier molecular flexibility index (Phi) is 10.1. The monoisotopic (exact) mass is 513 g/mol. The molecule has 3 aromatic rings. The van der Waals surface area contributed by atoms with Gasteiger partial charge in [-0.25, -0.2) is 4.98 Å². The largest absolute Gasteiger partial charge is 0.493 e. The Morgan fingerprint density at radius 3 is 2.66 bits per heavy atom. The van der Waals surface area contributed by atoms with Crippen molar-refractivity contribution in [3.05, 3.63) is 70.4 Å². The van der Waals surface area contributed by atoms with Gasteiger partial charge in [0.15, 0.2) is 11.5 Å². The van der Waals surface area contributed by atoms with E-state index in [1.807, 2.05) is 47.4 Å². The normalized spacial score (nSPS) is 13.1. The molecule has 35 heavy (non-hydrogen) atoms. The number of hydrogen-bond donors (Lipinski definition) is 1. The molecule has 0 aliphatic carbocycles. The van der Waals surface area contributed by atoms with E-state index in [1.165, 1.54) is 0 Å². The van der Waals surface area contributed by atoms with Crippen molar-refractivity contribution in [1.29, 1.82) is 0 Å². The lowest BCUT2D eigenvalue weighted by Gasteiger charge is -2.20. The Labute approximate surface area is 217 Å². The maximum atomic E-state index is 13.1. The molecule has 186 valence electrons. The molecule has 0 bridgehead atoms. The number of nitrogens with one attached hydrogen (secondary N) is 1. The molecule has 4 rings (SSSR count). The zero-order chi connectivity index (χ0) is 23.8. The van der Waals surface area contributed by atoms with Gasteiger partial charge in [0.05, 0.1) is 26.5 Å². The number of thiazole rings is 1. The Bertz CT molecular complexity index is 1130. The van der Waals surface area contributed by atoms with Crippen LogP contribution in [0.2, 0.25) is 0 Å². The molecule has 0 spiro atoms. The summed E-state index contributed by atoms with van der Waals surface area (Å²) in [5.74, 6) is 1.53. The fraction of sp³-hybridized carbons (Fsp3) is 0.333. The van der Waals surface area contributed by atoms with Crippen LogP contribution in [-0.4, -0.2) is 44.7 Å². The van der Waals surface area contributed by atoms with Crippen LogP contribution in [0.4, 0.5) is 5.00 Å². The maximum Gasteiger partial charge on any atom is 0.241 e. The molecule has 1 aliphatic heterocycles. The number of aromatic nitrogens is 1. The summed E-state index contributed by atoms with van der Waals surface area (Å²) in [7, 11) is 3.26. The van der Waals surface area contributed by atoms with Gasteiger partial charge in [-0.05, 0) is 61.6 Å². The van der Waals surface area contributed by atoms with Crippen molar-refractivity contribution in [2.75, 3.05) is 38.8 Å². The molecular formula is C27H32ClN3O3S. The van der Waals surface area contributed by atoms with Crippen molar-refractivity contribution >= 4 is 46.8 Å². The van der Waals surface area contributed by atoms with E-state index < -0.39 is 0 Å². The van der Waals surface area contributed by atoms with Gasteiger partial charge in [-0.3, -0.25) is 4.79 Å². The van der Waals surface area contributed by atoms with Crippen LogP contribution in [0.3, 0.4) is 0 Å². The van der Waals surface area contributed by atoms with Crippen LogP contribution in [0.5, 0.6) is 11.5 Å². The fourth-order valence-corrected chi connectivity index (χ4v) is 5.06. The van der Waals surface area contributed by atoms with Crippen LogP contribution in [-0.2, 0) is 17.6 Å². The number of methoxy groups -OCH3 is 2. The minimum absolute atomic E-state index is 0. The summed E-state index contributed by atoms with van der Waals surface area (Å²) in [6.45, 7) is 1.75. The molecule has 0 unspecified atom stereocenters. The fourth-order valence-electron chi connectivity index (χ4n) is 4.00. The molecule has 2 aromatic carbocycles. The first-order valence-electron chi connectivity index (χ1n) is 11.6. The van der Waals surface area contributed by atoms with E-state index in [-0.39, 0.29) is 18.3 Å². The standard InChI is InChI=1S/C27H31N3O3S.ClH/c1-32-23-13-11-21(18-24(23)33-2)15-16-28-19-26(31)30-17-7-6-10-22-27(30)34-25(29-22)14-12-20-8-4-3-5-9-20;/h3-5,8-9,11-14,18,28H,6-7,10,15-17,19H2,1-2H3;1H/b14-12+;. The van der Waals surface area contributed by atoms with Gasteiger partial charge in [0.2, 0.25) is 5.91 Å². The number of halogens is 1. The number of fused-ring (bicyclic) bond motifs is 1. The lowest BCUT2D eigenvalue weighted by molar-refractivity contribution is -0.117. The van der Waals surface area contributed by atoms with Crippen LogP contribution in [0.1, 0.15) is 34.7 Å². The van der Waals surface area contributed by atoms with E-state index in [4.69, 9.17) is 14.5 Å². The Hall–Kier alpha value is -2.87. The number of carbonyl (C=O) groups is 1. The number of nitrogens with zero attached hydrogens (tertiary/aromatic N) is 2. The van der Waals surface area contributed by atoms with Crippen LogP contribution >= 0.6 is 23.7 Å². The van der Waals surface area contributed by atoms with Gasteiger partial charge < -0.3 is 19.7 Å². The molecule has 1 N–H and O–H groups in total. The highest BCUT2D eigenvalue weighted by Crippen LogP contribution is 2.33. The highest BCUT2D eigenvalue weighted by molar-refractivity contribution is 7.17. The molecule has 0 saturated carbocycles. The summed E-state index contributed by atoms with van der Waals surface area (Å²) in [6.07, 6.45) is 7.87. The molecule has 2 heterocycles. The number of hydrogen-bond acceptors (Lipinski definition) is 6. The van der Waals surface area contributed by atoms with Crippen molar-refractivity contribution in [3.63, 3.8) is 0 Å². The van der Waals surface area contributed by atoms with Gasteiger partial charge in [0, 0.05) is 6.54 Å². The average Bonchev–Trinajstić information content (AvgIpc) is 3.17. The van der Waals surface area contributed by atoms with E-state index in [1.54, 1.807) is 25.6 Å². The highest BCUT2D eigenvalue weighted by Gasteiger charge is 2.24. The van der Waals surface area contributed by atoms with Gasteiger partial charge in [-0.2, -0.15) is 0 Å². The third-order valence-corrected chi connectivity index (χ3v) is 6.90. The Morgan fingerprint density at radius 2 is 1.89 bits per heavy atom. The maximum absolute atomic E-state index is 13.1. The first-order valence-corrected chi connectivity index (χ1v) is 12.4. The third kappa shape index (κ3) is 7.07. The van der Waals surface area contributed by atoms with Gasteiger partial charge >= 0.3 is 0 Å². The summed E-state index contributed by atoms with van der Waals surface area (Å²) in [5, 5.41) is 5.25. The first-order chi connectivity index (χ1) is 16.7. The number of benzene rings is 2. The molecule has 0 saturated heterocycles. The smallest absolute Gasteiger partial charge is 0.241 e. The summed E-state index contributed by atoms with van der Waals surface area (Å²) in [5.41, 5.74) is 3.31. The van der Waals surface area contributed by atoms with Crippen LogP contribution in [0, 0.1) is 0 Å². The zero-order valence-electron chi connectivity index (χ0n) is 20.2. The van der Waals surface area contributed by atoms with Crippen LogP contribution in [0.25, 0.3) is 12.2 Å². The van der Waals surface area contributed by atoms with Crippen molar-refractivity contribution in [1.82, 2.24) is 10.3 Å². The van der Waals surface area contributed by atoms with Crippen molar-refractivity contribution in [3.8, 4) is 11.5 Å². The quantitative estimate of drug-likeness (QED) is 0.396. The summed E-state index contributed by atoms with van der Waals surface area (Å²) in [6, 6.07) is 16.1. The first kappa shape index (κ1) is 26.7. The van der Waals surface area contributed by atoms with E-state index in [0.29, 0.717) is 18.8 Å². The molecule has 0 fully saturated rings. The molecule has 1 aliphatic rings. The third-order valence-electron chi connectivity index (χ3n) is 5.82. The molecule has 0 radical (unpaired) electrons. The topological polar surface area (TPSA) is 63.7 Å². The molecule has 6 nitrogen and oxygen atoms in total. The van der Waals surface area contributed by atoms with Gasteiger partial charge in [0.1, 0.15) is 10.0 Å². The van der Waals surface area contributed by atoms with Crippen molar-refractivity contribution < 1.29 is 14.3 Å². The van der Waals surface area contributed by atoms with E-state index >= 15 is 0 Å². The number of ether oxygens (including phenoxy) is 2. The number of amides is 1. The molecule has 8 heteroatoms. The molecule has 1 amide bonds. The molecular weight excluding hydrogens is 482 g/mol. The zero-order valence-corrected chi connectivity index (χ0v) is 21.8. The van der Waals surface area contributed by atoms with E-state index in [2.05, 4.69) is 23.5 Å². The van der Waals surface area contributed by atoms with Crippen molar-refractivity contribution in [2.45, 2.75) is 25.7 Å². The second kappa shape index (κ2) is 13.3. The van der Waals surface area contributed by atoms with E-state index in [9.17, 15) is 4.79 Å². The Morgan fingerprint density at radius 1 is 1.09 bits per heavy atom. The second-order valence-corrected chi connectivity index (χ2v) is 9.18. The number of anilines is 1. The summed E-state index contributed by atoms with van der Waals surface area (Å²) < 4.78 is 10.7. The highest BCUT2D eigenvalue weighted by atomic mass is 35.5. The average molecular weight is 514 g/mol. The van der Waals surface area contributed by atoms with Crippen molar-refractivity contribution in [2.24, 2.45) is 0 Å². The predicted molar refractivity (Wildman–Crippen MR) is 146 cm³/mol. The number of carbonyl (C=O) groups excluding carboxylic acids is 1. The van der Waals surface area contributed by atoms with Crippen LogP contribution < -0.4 is 19.7 Å². The lowest BCUT2D eigenvalue weighted by atomic mass is 10.1. The summed E-state index contributed by atoms with van der Waals surface area (Å²) >= 11 is 1.60. The summed E-state index contributed by atoms with van der Waals surface area (Å²) in [4.78, 5) is 19.8. The number of aryl methyl sites for hydroxylation is 1. The lowest BCUT2D eigenvalue weighted by Crippen LogP contribution is -2.39. The predicted octanol–water partition coefficient (Wildman–Crippen LogP) is 5.25. The van der Waals surface area contributed by atoms with Gasteiger partial charge in [-0.1, -0.05) is 53.8 Å². The van der Waals surface area contributed by atoms with Gasteiger partial charge in [-0.15, -0.1) is 12.4 Å². The van der Waals surface area contributed by atoms with E-state index in [0.717, 1.165) is 64.8 Å². The Balaban J connectivity index is 0.00000342. The second-order valence-electron chi connectivity index (χ2n) is 8.17. The van der Waals surface area contributed by atoms with Gasteiger partial charge in [0.25, 0.3) is 0 Å².